The fraction of sp³-hybridized carbons (Fsp3) is 0.167. The number of hydrogen-bond acceptors (Lipinski definition) is 4. The first-order valence-electron chi connectivity index (χ1n) is 7.76. The van der Waals surface area contributed by atoms with E-state index in [-0.39, 0.29) is 23.5 Å². The molecule has 0 aliphatic rings. The van der Waals surface area contributed by atoms with E-state index >= 15 is 0 Å². The molecule has 0 aliphatic carbocycles. The Kier molecular flexibility index (Phi) is 5.45. The minimum absolute atomic E-state index is 0.121. The number of para-hydroxylation sites is 1. The van der Waals surface area contributed by atoms with Crippen LogP contribution in [0.2, 0.25) is 0 Å². The van der Waals surface area contributed by atoms with Crippen molar-refractivity contribution in [1.29, 1.82) is 0 Å². The second-order valence-corrected chi connectivity index (χ2v) is 6.39. The van der Waals surface area contributed by atoms with E-state index in [4.69, 9.17) is 0 Å². The van der Waals surface area contributed by atoms with Gasteiger partial charge in [-0.3, -0.25) is 9.36 Å². The molecule has 3 rings (SSSR count). The molecule has 25 heavy (non-hydrogen) atoms. The molecule has 0 saturated carbocycles. The molecule has 1 aromatic heterocycles. The lowest BCUT2D eigenvalue weighted by atomic mass is 10.1. The van der Waals surface area contributed by atoms with Crippen LogP contribution in [0.1, 0.15) is 18.5 Å². The summed E-state index contributed by atoms with van der Waals surface area (Å²) in [6, 6.07) is 15.6. The standard InChI is InChI=1S/C18H17FN4OS/c1-13(14-7-9-15(19)10-8-14)21-17(24)11-25-18-22-20-12-23(18)16-5-3-2-4-6-16/h2-10,12-13H,11H2,1H3,(H,21,24). The van der Waals surface area contributed by atoms with Crippen molar-refractivity contribution >= 4 is 17.7 Å². The van der Waals surface area contributed by atoms with Gasteiger partial charge in [0.05, 0.1) is 11.8 Å². The van der Waals surface area contributed by atoms with E-state index in [1.165, 1.54) is 23.9 Å². The van der Waals surface area contributed by atoms with Gasteiger partial charge < -0.3 is 5.32 Å². The third-order valence-corrected chi connectivity index (χ3v) is 4.57. The number of halogens is 1. The summed E-state index contributed by atoms with van der Waals surface area (Å²) in [5.74, 6) is -0.195. The Balaban J connectivity index is 1.58. The second-order valence-electron chi connectivity index (χ2n) is 5.45. The zero-order valence-corrected chi connectivity index (χ0v) is 14.4. The Bertz CT molecular complexity index is 836. The van der Waals surface area contributed by atoms with Gasteiger partial charge in [0.25, 0.3) is 0 Å². The number of carbonyl (C=O) groups is 1. The van der Waals surface area contributed by atoms with Crippen LogP contribution in [0.3, 0.4) is 0 Å². The van der Waals surface area contributed by atoms with E-state index < -0.39 is 0 Å². The monoisotopic (exact) mass is 356 g/mol. The number of nitrogens with one attached hydrogen (secondary N) is 1. The average molecular weight is 356 g/mol. The highest BCUT2D eigenvalue weighted by Crippen LogP contribution is 2.19. The number of nitrogens with zero attached hydrogens (tertiary/aromatic N) is 3. The van der Waals surface area contributed by atoms with Crippen LogP contribution in [0, 0.1) is 5.82 Å². The summed E-state index contributed by atoms with van der Waals surface area (Å²) in [5.41, 5.74) is 1.79. The number of aromatic nitrogens is 3. The summed E-state index contributed by atoms with van der Waals surface area (Å²) in [7, 11) is 0. The molecule has 1 unspecified atom stereocenters. The van der Waals surface area contributed by atoms with Crippen LogP contribution in [0.4, 0.5) is 4.39 Å². The van der Waals surface area contributed by atoms with Crippen molar-refractivity contribution in [3.63, 3.8) is 0 Å². The molecule has 0 aliphatic heterocycles. The molecule has 128 valence electrons. The fourth-order valence-electron chi connectivity index (χ4n) is 2.34. The van der Waals surface area contributed by atoms with Gasteiger partial charge in [-0.15, -0.1) is 10.2 Å². The van der Waals surface area contributed by atoms with Gasteiger partial charge in [0.2, 0.25) is 5.91 Å². The van der Waals surface area contributed by atoms with E-state index in [9.17, 15) is 9.18 Å². The number of thioether (sulfide) groups is 1. The Labute approximate surface area is 149 Å². The van der Waals surface area contributed by atoms with Crippen LogP contribution in [0.5, 0.6) is 0 Å². The Hall–Kier alpha value is -2.67. The lowest BCUT2D eigenvalue weighted by molar-refractivity contribution is -0.119. The molecule has 0 saturated heterocycles. The topological polar surface area (TPSA) is 59.8 Å². The lowest BCUT2D eigenvalue weighted by Crippen LogP contribution is -2.28. The third kappa shape index (κ3) is 4.45. The van der Waals surface area contributed by atoms with E-state index in [1.807, 2.05) is 41.8 Å². The highest BCUT2D eigenvalue weighted by molar-refractivity contribution is 7.99. The number of hydrogen-bond donors (Lipinski definition) is 1. The summed E-state index contributed by atoms with van der Waals surface area (Å²) >= 11 is 1.31. The second kappa shape index (κ2) is 7.94. The Morgan fingerprint density at radius 2 is 1.92 bits per heavy atom. The number of carbonyl (C=O) groups excluding carboxylic acids is 1. The largest absolute Gasteiger partial charge is 0.349 e. The SMILES string of the molecule is CC(NC(=O)CSc1nncn1-c1ccccc1)c1ccc(F)cc1. The van der Waals surface area contributed by atoms with Crippen LogP contribution in [0.15, 0.2) is 66.1 Å². The molecular weight excluding hydrogens is 339 g/mol. The van der Waals surface area contributed by atoms with E-state index in [0.717, 1.165) is 11.3 Å². The summed E-state index contributed by atoms with van der Waals surface area (Å²) in [5, 5.41) is 11.5. The quantitative estimate of drug-likeness (QED) is 0.688. The van der Waals surface area contributed by atoms with Crippen molar-refractivity contribution < 1.29 is 9.18 Å². The summed E-state index contributed by atoms with van der Waals surface area (Å²) in [6.07, 6.45) is 1.62. The van der Waals surface area contributed by atoms with Crippen molar-refractivity contribution in [3.8, 4) is 5.69 Å². The molecular formula is C18H17FN4OS. The minimum Gasteiger partial charge on any atom is -0.349 e. The van der Waals surface area contributed by atoms with Crippen LogP contribution >= 0.6 is 11.8 Å². The van der Waals surface area contributed by atoms with Gasteiger partial charge in [-0.05, 0) is 36.8 Å². The molecule has 1 atom stereocenters. The van der Waals surface area contributed by atoms with Crippen LogP contribution in [0.25, 0.3) is 5.69 Å². The van der Waals surface area contributed by atoms with E-state index in [1.54, 1.807) is 18.5 Å². The van der Waals surface area contributed by atoms with Gasteiger partial charge in [-0.25, -0.2) is 4.39 Å². The van der Waals surface area contributed by atoms with Crippen molar-refractivity contribution in [2.75, 3.05) is 5.75 Å². The van der Waals surface area contributed by atoms with Gasteiger partial charge in [0.1, 0.15) is 12.1 Å². The molecule has 0 spiro atoms. The van der Waals surface area contributed by atoms with Crippen LogP contribution in [-0.4, -0.2) is 26.4 Å². The summed E-state index contributed by atoms with van der Waals surface area (Å²) in [6.45, 7) is 1.86. The molecule has 1 amide bonds. The Morgan fingerprint density at radius 3 is 2.64 bits per heavy atom. The Morgan fingerprint density at radius 1 is 1.20 bits per heavy atom. The molecule has 1 N–H and O–H groups in total. The van der Waals surface area contributed by atoms with Crippen molar-refractivity contribution in [3.05, 3.63) is 72.3 Å². The molecule has 2 aromatic carbocycles. The zero-order valence-electron chi connectivity index (χ0n) is 13.6. The predicted octanol–water partition coefficient (Wildman–Crippen LogP) is 3.38. The maximum atomic E-state index is 13.0. The van der Waals surface area contributed by atoms with E-state index in [2.05, 4.69) is 15.5 Å². The van der Waals surface area contributed by atoms with Gasteiger partial charge in [0, 0.05) is 5.69 Å². The first-order chi connectivity index (χ1) is 12.1. The fourth-order valence-corrected chi connectivity index (χ4v) is 3.08. The van der Waals surface area contributed by atoms with Gasteiger partial charge >= 0.3 is 0 Å². The van der Waals surface area contributed by atoms with Gasteiger partial charge in [-0.2, -0.15) is 0 Å². The van der Waals surface area contributed by atoms with E-state index in [0.29, 0.717) is 5.16 Å². The molecule has 0 radical (unpaired) electrons. The number of rotatable bonds is 6. The highest BCUT2D eigenvalue weighted by Gasteiger charge is 2.13. The van der Waals surface area contributed by atoms with Crippen LogP contribution in [-0.2, 0) is 4.79 Å². The maximum absolute atomic E-state index is 13.0. The summed E-state index contributed by atoms with van der Waals surface area (Å²) < 4.78 is 14.8. The van der Waals surface area contributed by atoms with Gasteiger partial charge in [0.15, 0.2) is 5.16 Å². The lowest BCUT2D eigenvalue weighted by Gasteiger charge is -2.14. The highest BCUT2D eigenvalue weighted by atomic mass is 32.2. The number of benzene rings is 2. The summed E-state index contributed by atoms with van der Waals surface area (Å²) in [4.78, 5) is 12.2. The molecule has 5 nitrogen and oxygen atoms in total. The third-order valence-electron chi connectivity index (χ3n) is 3.63. The smallest absolute Gasteiger partial charge is 0.230 e. The first-order valence-corrected chi connectivity index (χ1v) is 8.75. The van der Waals surface area contributed by atoms with Crippen molar-refractivity contribution in [2.45, 2.75) is 18.1 Å². The van der Waals surface area contributed by atoms with Gasteiger partial charge in [-0.1, -0.05) is 42.1 Å². The van der Waals surface area contributed by atoms with Crippen LogP contribution < -0.4 is 5.32 Å². The molecule has 3 aromatic rings. The molecule has 7 heteroatoms. The van der Waals surface area contributed by atoms with Crippen molar-refractivity contribution in [2.24, 2.45) is 0 Å². The minimum atomic E-state index is -0.293. The molecule has 0 fully saturated rings. The number of amides is 1. The normalized spacial score (nSPS) is 11.9. The average Bonchev–Trinajstić information content (AvgIpc) is 3.10. The first kappa shape index (κ1) is 17.2. The maximum Gasteiger partial charge on any atom is 0.230 e. The molecule has 1 heterocycles. The molecule has 0 bridgehead atoms. The van der Waals surface area contributed by atoms with Crippen molar-refractivity contribution in [1.82, 2.24) is 20.1 Å². The predicted molar refractivity (Wildman–Crippen MR) is 95.0 cm³/mol. The zero-order chi connectivity index (χ0) is 17.6.